The predicted molar refractivity (Wildman–Crippen MR) is 85.5 cm³/mol. The van der Waals surface area contributed by atoms with Gasteiger partial charge in [0.25, 0.3) is 0 Å². The summed E-state index contributed by atoms with van der Waals surface area (Å²) in [5.41, 5.74) is 1.32. The van der Waals surface area contributed by atoms with E-state index in [2.05, 4.69) is 56.5 Å². The molecule has 2 unspecified atom stereocenters. The van der Waals surface area contributed by atoms with Gasteiger partial charge in [-0.3, -0.25) is 4.79 Å². The number of carbonyl (C=O) groups excluding carboxylic acids is 1. The average Bonchev–Trinajstić information content (AvgIpc) is 2.69. The second-order valence-corrected chi connectivity index (χ2v) is 12.9. The SMILES string of the molecule is CC(C)(C)[Si](C)(C)OC1CCC2CC(=O)C(I)=C21. The van der Waals surface area contributed by atoms with Gasteiger partial charge in [0.2, 0.25) is 0 Å². The number of fused-ring (bicyclic) bond motifs is 1. The lowest BCUT2D eigenvalue weighted by molar-refractivity contribution is -0.114. The quantitative estimate of drug-likeness (QED) is 0.524. The molecule has 0 spiro atoms. The zero-order valence-electron chi connectivity index (χ0n) is 12.0. The molecule has 0 heterocycles. The Balaban J connectivity index is 2.20. The van der Waals surface area contributed by atoms with E-state index in [1.807, 2.05) is 0 Å². The molecule has 2 rings (SSSR count). The van der Waals surface area contributed by atoms with Crippen LogP contribution in [0.1, 0.15) is 40.0 Å². The molecule has 0 saturated heterocycles. The molecule has 4 heteroatoms. The van der Waals surface area contributed by atoms with Gasteiger partial charge in [-0.2, -0.15) is 0 Å². The minimum Gasteiger partial charge on any atom is -0.410 e. The number of hydrogen-bond acceptors (Lipinski definition) is 2. The van der Waals surface area contributed by atoms with Crippen LogP contribution in [0, 0.1) is 5.92 Å². The van der Waals surface area contributed by atoms with Crippen molar-refractivity contribution in [3.05, 3.63) is 9.15 Å². The molecule has 0 aromatic heterocycles. The summed E-state index contributed by atoms with van der Waals surface area (Å²) in [4.78, 5) is 11.8. The van der Waals surface area contributed by atoms with Crippen LogP contribution >= 0.6 is 22.6 Å². The standard InChI is InChI=1S/C14H23IO2Si/c1-14(2,3)18(4,5)17-11-7-6-9-8-10(16)13(15)12(9)11/h9,11H,6-8H2,1-5H3. The van der Waals surface area contributed by atoms with E-state index in [4.69, 9.17) is 4.43 Å². The third kappa shape index (κ3) is 2.48. The van der Waals surface area contributed by atoms with Crippen LogP contribution in [0.15, 0.2) is 9.15 Å². The van der Waals surface area contributed by atoms with Gasteiger partial charge in [-0.05, 0) is 65.1 Å². The maximum Gasteiger partial charge on any atom is 0.192 e. The number of hydrogen-bond donors (Lipinski definition) is 0. The lowest BCUT2D eigenvalue weighted by atomic mass is 10.1. The monoisotopic (exact) mass is 378 g/mol. The highest BCUT2D eigenvalue weighted by molar-refractivity contribution is 14.1. The van der Waals surface area contributed by atoms with Gasteiger partial charge >= 0.3 is 0 Å². The van der Waals surface area contributed by atoms with Crippen LogP contribution in [-0.4, -0.2) is 20.2 Å². The summed E-state index contributed by atoms with van der Waals surface area (Å²) in [6.07, 6.45) is 3.18. The van der Waals surface area contributed by atoms with Gasteiger partial charge in [0, 0.05) is 6.42 Å². The van der Waals surface area contributed by atoms with Crippen molar-refractivity contribution in [3.63, 3.8) is 0 Å². The summed E-state index contributed by atoms with van der Waals surface area (Å²) in [6, 6.07) is 0. The third-order valence-electron chi connectivity index (χ3n) is 4.74. The first-order valence-corrected chi connectivity index (χ1v) is 10.7. The van der Waals surface area contributed by atoms with Crippen molar-refractivity contribution in [1.29, 1.82) is 0 Å². The van der Waals surface area contributed by atoms with E-state index < -0.39 is 8.32 Å². The van der Waals surface area contributed by atoms with E-state index in [0.717, 1.165) is 22.8 Å². The highest BCUT2D eigenvalue weighted by Crippen LogP contribution is 2.48. The van der Waals surface area contributed by atoms with Gasteiger partial charge in [-0.1, -0.05) is 20.8 Å². The van der Waals surface area contributed by atoms with Gasteiger partial charge in [-0.15, -0.1) is 0 Å². The molecular formula is C14H23IO2Si. The Morgan fingerprint density at radius 3 is 2.44 bits per heavy atom. The van der Waals surface area contributed by atoms with E-state index >= 15 is 0 Å². The molecule has 0 N–H and O–H groups in total. The van der Waals surface area contributed by atoms with Crippen LogP contribution in [-0.2, 0) is 9.22 Å². The summed E-state index contributed by atoms with van der Waals surface area (Å²) in [5.74, 6) is 0.818. The van der Waals surface area contributed by atoms with Crippen molar-refractivity contribution < 1.29 is 9.22 Å². The first-order chi connectivity index (χ1) is 8.13. The molecule has 2 aliphatic rings. The Labute approximate surface area is 125 Å². The molecular weight excluding hydrogens is 355 g/mol. The number of ketones is 1. The number of halogens is 1. The van der Waals surface area contributed by atoms with E-state index in [1.165, 1.54) is 5.57 Å². The summed E-state index contributed by atoms with van der Waals surface area (Å²) in [5, 5.41) is 0.236. The van der Waals surface area contributed by atoms with Crippen molar-refractivity contribution in [2.75, 3.05) is 0 Å². The van der Waals surface area contributed by atoms with Gasteiger partial charge in [0.15, 0.2) is 14.1 Å². The molecule has 2 aliphatic carbocycles. The molecule has 18 heavy (non-hydrogen) atoms. The van der Waals surface area contributed by atoms with Gasteiger partial charge in [0.05, 0.1) is 9.68 Å². The first kappa shape index (κ1) is 14.7. The van der Waals surface area contributed by atoms with Crippen LogP contribution in [0.25, 0.3) is 0 Å². The van der Waals surface area contributed by atoms with Crippen LogP contribution in [0.4, 0.5) is 0 Å². The number of carbonyl (C=O) groups is 1. The molecule has 2 atom stereocenters. The molecule has 0 aliphatic heterocycles. The summed E-state index contributed by atoms with van der Waals surface area (Å²) in [6.45, 7) is 11.4. The maximum atomic E-state index is 11.8. The summed E-state index contributed by atoms with van der Waals surface area (Å²) >= 11 is 2.23. The smallest absolute Gasteiger partial charge is 0.192 e. The minimum absolute atomic E-state index is 0.217. The Morgan fingerprint density at radius 2 is 1.89 bits per heavy atom. The Kier molecular flexibility index (Phi) is 3.84. The predicted octanol–water partition coefficient (Wildman–Crippen LogP) is 4.45. The van der Waals surface area contributed by atoms with E-state index in [0.29, 0.717) is 11.7 Å². The van der Waals surface area contributed by atoms with Gasteiger partial charge in [-0.25, -0.2) is 0 Å². The molecule has 0 bridgehead atoms. The van der Waals surface area contributed by atoms with Crippen molar-refractivity contribution in [1.82, 2.24) is 0 Å². The van der Waals surface area contributed by atoms with Crippen molar-refractivity contribution in [2.45, 2.75) is 64.3 Å². The summed E-state index contributed by atoms with van der Waals surface area (Å²) < 4.78 is 7.49. The second-order valence-electron chi connectivity index (χ2n) is 7.04. The van der Waals surface area contributed by atoms with E-state index in [-0.39, 0.29) is 11.1 Å². The van der Waals surface area contributed by atoms with Gasteiger partial charge < -0.3 is 4.43 Å². The van der Waals surface area contributed by atoms with Crippen molar-refractivity contribution in [2.24, 2.45) is 5.92 Å². The first-order valence-electron chi connectivity index (χ1n) is 6.74. The lowest BCUT2D eigenvalue weighted by Gasteiger charge is -2.38. The molecule has 2 nitrogen and oxygen atoms in total. The fourth-order valence-corrected chi connectivity index (χ4v) is 4.91. The second kappa shape index (κ2) is 4.70. The normalized spacial score (nSPS) is 29.1. The number of allylic oxidation sites excluding steroid dienone is 1. The van der Waals surface area contributed by atoms with E-state index in [9.17, 15) is 4.79 Å². The lowest BCUT2D eigenvalue weighted by Crippen LogP contribution is -2.43. The fraction of sp³-hybridized carbons (Fsp3) is 0.786. The Morgan fingerprint density at radius 1 is 1.28 bits per heavy atom. The number of Topliss-reactive ketones (excluding diaryl/α,β-unsaturated/α-hetero) is 1. The highest BCUT2D eigenvalue weighted by Gasteiger charge is 2.45. The van der Waals surface area contributed by atoms with Gasteiger partial charge in [0.1, 0.15) is 0 Å². The molecule has 1 saturated carbocycles. The molecule has 0 aromatic carbocycles. The third-order valence-corrected chi connectivity index (χ3v) is 10.4. The Bertz CT molecular complexity index is 407. The topological polar surface area (TPSA) is 26.3 Å². The zero-order chi connectivity index (χ0) is 13.7. The molecule has 0 radical (unpaired) electrons. The van der Waals surface area contributed by atoms with Crippen LogP contribution < -0.4 is 0 Å². The fourth-order valence-electron chi connectivity index (χ4n) is 2.59. The molecule has 0 amide bonds. The molecule has 102 valence electrons. The highest BCUT2D eigenvalue weighted by atomic mass is 127. The summed E-state index contributed by atoms with van der Waals surface area (Å²) in [7, 11) is -1.73. The van der Waals surface area contributed by atoms with Crippen molar-refractivity contribution in [3.8, 4) is 0 Å². The van der Waals surface area contributed by atoms with Crippen LogP contribution in [0.5, 0.6) is 0 Å². The number of rotatable bonds is 2. The van der Waals surface area contributed by atoms with Crippen molar-refractivity contribution >= 4 is 36.7 Å². The largest absolute Gasteiger partial charge is 0.410 e. The van der Waals surface area contributed by atoms with Crippen LogP contribution in [0.3, 0.4) is 0 Å². The van der Waals surface area contributed by atoms with E-state index in [1.54, 1.807) is 0 Å². The Hall–Kier alpha value is 0.317. The zero-order valence-corrected chi connectivity index (χ0v) is 15.1. The van der Waals surface area contributed by atoms with Crippen LogP contribution in [0.2, 0.25) is 18.1 Å². The minimum atomic E-state index is -1.73. The molecule has 0 aromatic rings. The maximum absolute atomic E-state index is 11.8. The molecule has 1 fully saturated rings. The average molecular weight is 378 g/mol.